The van der Waals surface area contributed by atoms with E-state index in [2.05, 4.69) is 45.0 Å². The molecule has 1 fully saturated rings. The number of alkyl carbamates (subject to hydrolysis) is 1. The van der Waals surface area contributed by atoms with Crippen LogP contribution in [0.15, 0.2) is 54.6 Å². The minimum absolute atomic E-state index is 0.0628. The van der Waals surface area contributed by atoms with E-state index in [4.69, 9.17) is 20.2 Å². The number of nitrogens with one attached hydrogen (secondary N) is 2. The molecule has 1 aliphatic carbocycles. The lowest BCUT2D eigenvalue weighted by Crippen LogP contribution is -2.42. The normalized spacial score (nSPS) is 15.1. The van der Waals surface area contributed by atoms with E-state index in [9.17, 15) is 19.5 Å². The number of likely N-dealkylation sites (tertiary alicyclic amines) is 1. The van der Waals surface area contributed by atoms with Crippen molar-refractivity contribution in [3.8, 4) is 11.1 Å². The van der Waals surface area contributed by atoms with Gasteiger partial charge in [-0.1, -0.05) is 61.9 Å². The summed E-state index contributed by atoms with van der Waals surface area (Å²) in [5.74, 6) is 0.474. The number of unbranched alkanes of at least 4 members (excludes halogenated alkanes) is 1. The maximum Gasteiger partial charge on any atom is 0.407 e. The molecule has 0 radical (unpaired) electrons. The molecule has 2 aromatic carbocycles. The van der Waals surface area contributed by atoms with E-state index in [1.165, 1.54) is 9.58 Å². The number of hydrogen-bond acceptors (Lipinski definition) is 10. The number of carboxylic acids is 1. The van der Waals surface area contributed by atoms with Crippen LogP contribution in [0.1, 0.15) is 73.2 Å². The maximum absolute atomic E-state index is 12.7. The van der Waals surface area contributed by atoms with Gasteiger partial charge in [0.1, 0.15) is 24.0 Å². The highest BCUT2D eigenvalue weighted by atomic mass is 32.1. The summed E-state index contributed by atoms with van der Waals surface area (Å²) in [4.78, 5) is 50.4. The third kappa shape index (κ3) is 9.40. The van der Waals surface area contributed by atoms with Gasteiger partial charge in [0, 0.05) is 43.3 Å². The number of nitrogens with two attached hydrogens (primary N) is 1. The number of piperidine rings is 1. The Morgan fingerprint density at radius 2 is 1.75 bits per heavy atom. The highest BCUT2D eigenvalue weighted by Crippen LogP contribution is 2.44. The summed E-state index contributed by atoms with van der Waals surface area (Å²) in [6.45, 7) is 9.34. The largest absolute Gasteiger partial charge is 0.480 e. The van der Waals surface area contributed by atoms with Crippen molar-refractivity contribution in [3.63, 3.8) is 0 Å². The van der Waals surface area contributed by atoms with E-state index >= 15 is 0 Å². The second-order valence-corrected chi connectivity index (χ2v) is 16.4. The number of aromatic nitrogens is 3. The highest BCUT2D eigenvalue weighted by molar-refractivity contribution is 7.19. The lowest BCUT2D eigenvalue weighted by Gasteiger charge is -2.32. The van der Waals surface area contributed by atoms with Gasteiger partial charge in [0.2, 0.25) is 5.91 Å². The molecule has 2 aliphatic rings. The molecule has 5 aromatic rings. The Hall–Kier alpha value is -5.05. The third-order valence-corrected chi connectivity index (χ3v) is 12.2. The van der Waals surface area contributed by atoms with Crippen LogP contribution in [0.2, 0.25) is 0 Å². The Bertz CT molecular complexity index is 2170. The first kappa shape index (κ1) is 40.2. The van der Waals surface area contributed by atoms with Crippen LogP contribution in [0, 0.1) is 12.8 Å². The van der Waals surface area contributed by atoms with Crippen molar-refractivity contribution < 1.29 is 29.0 Å². The van der Waals surface area contributed by atoms with Gasteiger partial charge in [-0.3, -0.25) is 4.79 Å². The molecule has 57 heavy (non-hydrogen) atoms. The number of anilines is 1. The van der Waals surface area contributed by atoms with Crippen molar-refractivity contribution in [1.82, 2.24) is 30.1 Å². The molecule has 5 N–H and O–H groups in total. The fraction of sp³-hybridized carbons (Fsp3) is 0.465. The van der Waals surface area contributed by atoms with Crippen LogP contribution < -0.4 is 16.4 Å². The number of aryl methyl sites for hydroxylation is 2. The van der Waals surface area contributed by atoms with Crippen LogP contribution in [-0.4, -0.2) is 94.6 Å². The van der Waals surface area contributed by atoms with Gasteiger partial charge < -0.3 is 40.4 Å². The van der Waals surface area contributed by atoms with Crippen molar-refractivity contribution in [2.24, 2.45) is 5.92 Å². The monoisotopic (exact) mass is 795 g/mol. The average molecular weight is 796 g/mol. The second-order valence-electron chi connectivity index (χ2n) is 15.2. The predicted octanol–water partition coefficient (Wildman–Crippen LogP) is 6.50. The molecule has 14 heteroatoms. The number of fused-ring (bicyclic) bond motifs is 6. The van der Waals surface area contributed by atoms with Crippen LogP contribution in [0.25, 0.3) is 32.4 Å². The summed E-state index contributed by atoms with van der Waals surface area (Å²) in [5, 5.41) is 14.9. The van der Waals surface area contributed by atoms with E-state index in [1.54, 1.807) is 11.3 Å². The quantitative estimate of drug-likeness (QED) is 0.0718. The minimum Gasteiger partial charge on any atom is -0.480 e. The summed E-state index contributed by atoms with van der Waals surface area (Å²) in [5.41, 5.74) is 13.7. The number of pyridine rings is 1. The summed E-state index contributed by atoms with van der Waals surface area (Å²) < 4.78 is 14.9. The van der Waals surface area contributed by atoms with Crippen LogP contribution in [0.4, 0.5) is 10.6 Å². The molecule has 4 heterocycles. The van der Waals surface area contributed by atoms with Crippen molar-refractivity contribution in [2.45, 2.75) is 77.3 Å². The fourth-order valence-corrected chi connectivity index (χ4v) is 9.18. The van der Waals surface area contributed by atoms with Crippen molar-refractivity contribution in [2.75, 3.05) is 51.7 Å². The van der Waals surface area contributed by atoms with Crippen molar-refractivity contribution in [1.29, 1.82) is 0 Å². The zero-order valence-corrected chi connectivity index (χ0v) is 33.6. The Morgan fingerprint density at radius 3 is 2.46 bits per heavy atom. The second kappa shape index (κ2) is 18.5. The molecule has 0 unspecified atom stereocenters. The molecule has 0 spiro atoms. The number of imidazole rings is 1. The van der Waals surface area contributed by atoms with Gasteiger partial charge in [-0.05, 0) is 79.9 Å². The summed E-state index contributed by atoms with van der Waals surface area (Å²) in [6.07, 6.45) is 4.33. The number of nitrogen functional groups attached to an aromatic ring is 1. The molecule has 1 aliphatic heterocycles. The Kier molecular flexibility index (Phi) is 13.0. The van der Waals surface area contributed by atoms with Gasteiger partial charge in [-0.25, -0.2) is 19.6 Å². The van der Waals surface area contributed by atoms with Crippen LogP contribution in [-0.2, 0) is 32.0 Å². The van der Waals surface area contributed by atoms with Crippen LogP contribution in [0.5, 0.6) is 0 Å². The van der Waals surface area contributed by atoms with Gasteiger partial charge in [-0.2, -0.15) is 0 Å². The number of carbonyl (C=O) groups is 3. The van der Waals surface area contributed by atoms with Gasteiger partial charge in [-0.15, -0.1) is 11.3 Å². The van der Waals surface area contributed by atoms with Crippen molar-refractivity contribution in [3.05, 3.63) is 76.4 Å². The van der Waals surface area contributed by atoms with Crippen LogP contribution >= 0.6 is 11.3 Å². The number of amides is 2. The molecule has 1 atom stereocenters. The first-order chi connectivity index (χ1) is 27.7. The molecular weight excluding hydrogens is 743 g/mol. The number of benzene rings is 2. The standard InChI is InChI=1S/C43H53N7O6S/c1-3-4-13-36-48-38-39(40-35(46-41(38)44)24-27(2)57-40)50(36)25-28-16-19-49(20-17-28)21-23-55-22-18-45-37(51)15-14-34(42(52)53)47-43(54)56-26-33-31-11-7-5-9-29(31)30-10-6-8-12-32(30)33/h5-12,24,28,33-34H,3-4,13-23,25-26H2,1-2H3,(H2,44,46)(H,45,51)(H,47,54)(H,52,53)/t34-/m0/s1. The summed E-state index contributed by atoms with van der Waals surface area (Å²) >= 11 is 1.76. The number of nitrogens with zero attached hydrogens (tertiary/aromatic N) is 4. The van der Waals surface area contributed by atoms with E-state index in [0.717, 1.165) is 103 Å². The van der Waals surface area contributed by atoms with Gasteiger partial charge >= 0.3 is 12.1 Å². The zero-order valence-electron chi connectivity index (χ0n) is 32.8. The van der Waals surface area contributed by atoms with E-state index < -0.39 is 18.1 Å². The number of hydrogen-bond donors (Lipinski definition) is 4. The first-order valence-corrected chi connectivity index (χ1v) is 21.0. The van der Waals surface area contributed by atoms with Gasteiger partial charge in [0.25, 0.3) is 0 Å². The third-order valence-electron chi connectivity index (χ3n) is 11.2. The summed E-state index contributed by atoms with van der Waals surface area (Å²) in [7, 11) is 0. The molecule has 2 amide bonds. The number of carboxylic acid groups (broad SMARTS) is 1. The molecule has 3 aromatic heterocycles. The van der Waals surface area contributed by atoms with E-state index in [-0.39, 0.29) is 31.3 Å². The highest BCUT2D eigenvalue weighted by Gasteiger charge is 2.30. The Balaban J connectivity index is 0.789. The molecule has 0 saturated carbocycles. The number of carbonyl (C=O) groups excluding carboxylic acids is 2. The number of rotatable bonds is 18. The Labute approximate surface area is 336 Å². The maximum atomic E-state index is 12.7. The number of ether oxygens (including phenoxy) is 2. The molecule has 1 saturated heterocycles. The average Bonchev–Trinajstić information content (AvgIpc) is 3.87. The fourth-order valence-electron chi connectivity index (χ4n) is 8.18. The van der Waals surface area contributed by atoms with Crippen LogP contribution in [0.3, 0.4) is 0 Å². The lowest BCUT2D eigenvalue weighted by atomic mass is 9.96. The Morgan fingerprint density at radius 1 is 1.04 bits per heavy atom. The SMILES string of the molecule is CCCCc1nc2c(N)nc3cc(C)sc3c2n1CC1CCN(CCOCCNC(=O)CC[C@H](NC(=O)OCC2c3ccccc3-c3ccccc32)C(=O)O)CC1. The smallest absolute Gasteiger partial charge is 0.407 e. The molecule has 302 valence electrons. The number of thiophene rings is 1. The zero-order chi connectivity index (χ0) is 39.9. The number of aliphatic carboxylic acids is 1. The molecular formula is C43H53N7O6S. The molecule has 13 nitrogen and oxygen atoms in total. The van der Waals surface area contributed by atoms with Crippen molar-refractivity contribution >= 4 is 56.4 Å². The summed E-state index contributed by atoms with van der Waals surface area (Å²) in [6, 6.07) is 16.8. The predicted molar refractivity (Wildman–Crippen MR) is 223 cm³/mol. The van der Waals surface area contributed by atoms with E-state index in [0.29, 0.717) is 31.5 Å². The molecule has 0 bridgehead atoms. The minimum atomic E-state index is -1.26. The lowest BCUT2D eigenvalue weighted by molar-refractivity contribution is -0.139. The van der Waals surface area contributed by atoms with Gasteiger partial charge in [0.15, 0.2) is 5.82 Å². The van der Waals surface area contributed by atoms with Gasteiger partial charge in [0.05, 0.1) is 28.9 Å². The van der Waals surface area contributed by atoms with E-state index in [1.807, 2.05) is 48.5 Å². The first-order valence-electron chi connectivity index (χ1n) is 20.2. The molecule has 7 rings (SSSR count). The topological polar surface area (TPSA) is 174 Å².